The lowest BCUT2D eigenvalue weighted by Crippen LogP contribution is -1.93. The third kappa shape index (κ3) is 3.14. The minimum Gasteiger partial charge on any atom is -0.500 e. The van der Waals surface area contributed by atoms with Crippen LogP contribution >= 0.6 is 0 Å². The number of rotatable bonds is 4. The van der Waals surface area contributed by atoms with E-state index in [1.807, 2.05) is 6.92 Å². The number of aromatic nitrogens is 2. The van der Waals surface area contributed by atoms with Gasteiger partial charge < -0.3 is 9.84 Å². The zero-order valence-corrected chi connectivity index (χ0v) is 11.5. The molecule has 1 N–H and O–H groups in total. The number of methoxy groups -OCH3 is 1. The van der Waals surface area contributed by atoms with Crippen LogP contribution in [0.25, 0.3) is 11.6 Å². The summed E-state index contributed by atoms with van der Waals surface area (Å²) in [6.45, 7) is 1.81. The Kier molecular flexibility index (Phi) is 4.13. The summed E-state index contributed by atoms with van der Waals surface area (Å²) in [5, 5.41) is 20.7. The van der Waals surface area contributed by atoms with E-state index in [4.69, 9.17) is 4.74 Å². The lowest BCUT2D eigenvalue weighted by molar-refractivity contribution is -0.386. The second-order valence-corrected chi connectivity index (χ2v) is 4.27. The Labute approximate surface area is 120 Å². The highest BCUT2D eigenvalue weighted by Crippen LogP contribution is 2.37. The van der Waals surface area contributed by atoms with Gasteiger partial charge in [-0.3, -0.25) is 20.1 Å². The van der Waals surface area contributed by atoms with Crippen LogP contribution in [0.5, 0.6) is 11.5 Å². The van der Waals surface area contributed by atoms with Crippen molar-refractivity contribution in [1.82, 2.24) is 9.97 Å². The van der Waals surface area contributed by atoms with Gasteiger partial charge in [0.1, 0.15) is 0 Å². The Bertz CT molecular complexity index is 699. The first-order chi connectivity index (χ1) is 10.0. The average molecular weight is 287 g/mol. The maximum Gasteiger partial charge on any atom is 0.315 e. The molecule has 2 rings (SSSR count). The van der Waals surface area contributed by atoms with E-state index in [-0.39, 0.29) is 5.75 Å². The van der Waals surface area contributed by atoms with Gasteiger partial charge >= 0.3 is 5.69 Å². The number of benzene rings is 1. The van der Waals surface area contributed by atoms with E-state index in [9.17, 15) is 15.2 Å². The van der Waals surface area contributed by atoms with Crippen molar-refractivity contribution in [2.24, 2.45) is 0 Å². The molecule has 108 valence electrons. The van der Waals surface area contributed by atoms with Crippen LogP contribution in [-0.4, -0.2) is 27.1 Å². The number of nitro benzene ring substituents is 1. The highest BCUT2D eigenvalue weighted by atomic mass is 16.6. The van der Waals surface area contributed by atoms with E-state index in [2.05, 4.69) is 9.97 Å². The number of phenols is 1. The van der Waals surface area contributed by atoms with Crippen LogP contribution in [0.3, 0.4) is 0 Å². The number of phenolic OH excluding ortho intramolecular Hbond substituents is 1. The average Bonchev–Trinajstić information content (AvgIpc) is 2.49. The molecule has 0 saturated heterocycles. The van der Waals surface area contributed by atoms with Gasteiger partial charge in [-0.25, -0.2) is 0 Å². The van der Waals surface area contributed by atoms with Gasteiger partial charge in [0, 0.05) is 18.5 Å². The molecule has 0 fully saturated rings. The Morgan fingerprint density at radius 3 is 2.76 bits per heavy atom. The molecule has 0 aliphatic heterocycles. The normalized spacial score (nSPS) is 11.2. The second kappa shape index (κ2) is 6.00. The monoisotopic (exact) mass is 287 g/mol. The fourth-order valence-corrected chi connectivity index (χ4v) is 1.82. The Balaban J connectivity index is 2.49. The summed E-state index contributed by atoms with van der Waals surface area (Å²) in [6.07, 6.45) is 6.43. The fraction of sp³-hybridized carbons (Fsp3) is 0.143. The van der Waals surface area contributed by atoms with E-state index >= 15 is 0 Å². The minimum absolute atomic E-state index is 0.0439. The van der Waals surface area contributed by atoms with Crippen molar-refractivity contribution in [2.45, 2.75) is 6.92 Å². The van der Waals surface area contributed by atoms with Crippen molar-refractivity contribution in [3.63, 3.8) is 0 Å². The number of allylic oxidation sites excluding steroid dienone is 1. The van der Waals surface area contributed by atoms with Crippen LogP contribution in [0.15, 0.2) is 30.7 Å². The van der Waals surface area contributed by atoms with Crippen molar-refractivity contribution in [3.8, 4) is 11.5 Å². The summed E-state index contributed by atoms with van der Waals surface area (Å²) in [5.41, 5.74) is 1.56. The van der Waals surface area contributed by atoms with Crippen molar-refractivity contribution in [3.05, 3.63) is 52.1 Å². The van der Waals surface area contributed by atoms with Gasteiger partial charge in [-0.1, -0.05) is 0 Å². The number of aromatic hydroxyl groups is 1. The van der Waals surface area contributed by atoms with E-state index in [0.717, 1.165) is 5.57 Å². The van der Waals surface area contributed by atoms with Crippen LogP contribution in [0.1, 0.15) is 18.2 Å². The second-order valence-electron chi connectivity index (χ2n) is 4.27. The summed E-state index contributed by atoms with van der Waals surface area (Å²) in [5.74, 6) is -0.445. The van der Waals surface area contributed by atoms with Crippen LogP contribution in [-0.2, 0) is 0 Å². The van der Waals surface area contributed by atoms with Crippen LogP contribution in [0.4, 0.5) is 5.69 Å². The molecule has 7 heteroatoms. The molecule has 1 heterocycles. The molecule has 0 radical (unpaired) electrons. The molecule has 7 nitrogen and oxygen atoms in total. The van der Waals surface area contributed by atoms with E-state index < -0.39 is 16.4 Å². The van der Waals surface area contributed by atoms with Gasteiger partial charge in [0.05, 0.1) is 23.9 Å². The molecule has 0 amide bonds. The summed E-state index contributed by atoms with van der Waals surface area (Å²) in [7, 11) is 1.34. The SMILES string of the molecule is COc1cc(/C=C(\C)c2cnccn2)cc([N+](=O)[O-])c1O. The first-order valence-corrected chi connectivity index (χ1v) is 6.03. The smallest absolute Gasteiger partial charge is 0.315 e. The van der Waals surface area contributed by atoms with E-state index in [1.54, 1.807) is 24.7 Å². The quantitative estimate of drug-likeness (QED) is 0.685. The summed E-state index contributed by atoms with van der Waals surface area (Å²) in [4.78, 5) is 18.4. The van der Waals surface area contributed by atoms with Crippen LogP contribution in [0, 0.1) is 10.1 Å². The maximum absolute atomic E-state index is 10.9. The third-order valence-corrected chi connectivity index (χ3v) is 2.84. The number of hydrogen-bond acceptors (Lipinski definition) is 6. The molecule has 0 unspecified atom stereocenters. The number of nitrogens with zero attached hydrogens (tertiary/aromatic N) is 3. The maximum atomic E-state index is 10.9. The largest absolute Gasteiger partial charge is 0.500 e. The van der Waals surface area contributed by atoms with Crippen molar-refractivity contribution in [1.29, 1.82) is 0 Å². The summed E-state index contributed by atoms with van der Waals surface area (Å²) >= 11 is 0. The Hall–Kier alpha value is -2.96. The molecule has 0 atom stereocenters. The molecular formula is C14H13N3O4. The van der Waals surface area contributed by atoms with Crippen LogP contribution < -0.4 is 4.74 Å². The van der Waals surface area contributed by atoms with Crippen LogP contribution in [0.2, 0.25) is 0 Å². The molecular weight excluding hydrogens is 274 g/mol. The van der Waals surface area contributed by atoms with Gasteiger partial charge in [-0.2, -0.15) is 0 Å². The predicted molar refractivity (Wildman–Crippen MR) is 76.9 cm³/mol. The predicted octanol–water partition coefficient (Wildman–Crippen LogP) is 2.66. The first-order valence-electron chi connectivity index (χ1n) is 6.03. The van der Waals surface area contributed by atoms with Crippen molar-refractivity contribution >= 4 is 17.3 Å². The van der Waals surface area contributed by atoms with E-state index in [0.29, 0.717) is 11.3 Å². The minimum atomic E-state index is -0.660. The Morgan fingerprint density at radius 2 is 2.19 bits per heavy atom. The number of hydrogen-bond donors (Lipinski definition) is 1. The number of ether oxygens (including phenoxy) is 1. The van der Waals surface area contributed by atoms with Gasteiger partial charge in [-0.05, 0) is 30.2 Å². The first kappa shape index (κ1) is 14.4. The number of nitro groups is 1. The molecule has 1 aromatic heterocycles. The standard InChI is InChI=1S/C14H13N3O4/c1-9(11-8-15-3-4-16-11)5-10-6-12(17(19)20)14(18)13(7-10)21-2/h3-8,18H,1-2H3/b9-5+. The van der Waals surface area contributed by atoms with Gasteiger partial charge in [-0.15, -0.1) is 0 Å². The lowest BCUT2D eigenvalue weighted by Gasteiger charge is -2.06. The van der Waals surface area contributed by atoms with Crippen molar-refractivity contribution in [2.75, 3.05) is 7.11 Å². The van der Waals surface area contributed by atoms with Gasteiger partial charge in [0.25, 0.3) is 0 Å². The zero-order chi connectivity index (χ0) is 15.4. The zero-order valence-electron chi connectivity index (χ0n) is 11.5. The lowest BCUT2D eigenvalue weighted by atomic mass is 10.1. The topological polar surface area (TPSA) is 98.4 Å². The van der Waals surface area contributed by atoms with E-state index in [1.165, 1.54) is 19.2 Å². The van der Waals surface area contributed by atoms with Gasteiger partial charge in [0.2, 0.25) is 5.75 Å². The molecule has 0 spiro atoms. The molecule has 0 aliphatic rings. The van der Waals surface area contributed by atoms with Gasteiger partial charge in [0.15, 0.2) is 5.75 Å². The Morgan fingerprint density at radius 1 is 1.43 bits per heavy atom. The molecule has 0 bridgehead atoms. The molecule has 1 aromatic carbocycles. The fourth-order valence-electron chi connectivity index (χ4n) is 1.82. The summed E-state index contributed by atoms with van der Waals surface area (Å²) < 4.78 is 4.95. The molecule has 0 aliphatic carbocycles. The highest BCUT2D eigenvalue weighted by molar-refractivity contribution is 5.80. The molecule has 21 heavy (non-hydrogen) atoms. The van der Waals surface area contributed by atoms with Crippen molar-refractivity contribution < 1.29 is 14.8 Å². The molecule has 2 aromatic rings. The third-order valence-electron chi connectivity index (χ3n) is 2.84. The highest BCUT2D eigenvalue weighted by Gasteiger charge is 2.19. The summed E-state index contributed by atoms with van der Waals surface area (Å²) in [6, 6.07) is 2.79. The molecule has 0 saturated carbocycles.